The van der Waals surface area contributed by atoms with Gasteiger partial charge in [-0.05, 0) is 37.5 Å². The molecule has 0 saturated carbocycles. The first-order valence-corrected chi connectivity index (χ1v) is 11.4. The van der Waals surface area contributed by atoms with Crippen molar-refractivity contribution >= 4 is 11.7 Å². The van der Waals surface area contributed by atoms with E-state index in [9.17, 15) is 4.79 Å². The Morgan fingerprint density at radius 1 is 1.03 bits per heavy atom. The molecule has 1 fully saturated rings. The normalized spacial score (nSPS) is 14.3. The standard InChI is InChI=1S/C26H32N4O2/c1-18(2)16-24-27-20(4)22(17-21-9-7-19(3)8-10-21)25(28-24)29-11-13-30(14-12-29)26(31)23-6-5-15-32-23/h5-10,15,18H,11-14,16-17H2,1-4H3. The fourth-order valence-electron chi connectivity index (χ4n) is 4.15. The summed E-state index contributed by atoms with van der Waals surface area (Å²) in [6.07, 6.45) is 3.20. The third kappa shape index (κ3) is 5.01. The van der Waals surface area contributed by atoms with Crippen LogP contribution >= 0.6 is 0 Å². The highest BCUT2D eigenvalue weighted by molar-refractivity contribution is 5.91. The van der Waals surface area contributed by atoms with E-state index in [0.717, 1.165) is 43.3 Å². The van der Waals surface area contributed by atoms with E-state index < -0.39 is 0 Å². The monoisotopic (exact) mass is 432 g/mol. The van der Waals surface area contributed by atoms with Crippen molar-refractivity contribution in [1.82, 2.24) is 14.9 Å². The number of benzene rings is 1. The number of carbonyl (C=O) groups is 1. The number of nitrogens with zero attached hydrogens (tertiary/aromatic N) is 4. The second kappa shape index (κ2) is 9.55. The number of hydrogen-bond acceptors (Lipinski definition) is 5. The fourth-order valence-corrected chi connectivity index (χ4v) is 4.15. The highest BCUT2D eigenvalue weighted by Gasteiger charge is 2.26. The van der Waals surface area contributed by atoms with E-state index in [1.807, 2.05) is 4.90 Å². The van der Waals surface area contributed by atoms with E-state index in [1.165, 1.54) is 16.7 Å². The van der Waals surface area contributed by atoms with Crippen molar-refractivity contribution in [3.05, 3.63) is 76.6 Å². The van der Waals surface area contributed by atoms with E-state index in [-0.39, 0.29) is 5.91 Å². The molecule has 1 aliphatic rings. The van der Waals surface area contributed by atoms with E-state index >= 15 is 0 Å². The second-order valence-corrected chi connectivity index (χ2v) is 9.04. The van der Waals surface area contributed by atoms with Crippen LogP contribution in [0.15, 0.2) is 47.1 Å². The van der Waals surface area contributed by atoms with Crippen LogP contribution in [0.25, 0.3) is 0 Å². The molecule has 1 aliphatic heterocycles. The van der Waals surface area contributed by atoms with Gasteiger partial charge in [-0.2, -0.15) is 0 Å². The quantitative estimate of drug-likeness (QED) is 0.576. The average Bonchev–Trinajstić information content (AvgIpc) is 3.31. The molecule has 0 bridgehead atoms. The zero-order valence-corrected chi connectivity index (χ0v) is 19.5. The van der Waals surface area contributed by atoms with Crippen molar-refractivity contribution in [2.75, 3.05) is 31.1 Å². The Morgan fingerprint density at radius 2 is 1.75 bits per heavy atom. The number of anilines is 1. The molecular weight excluding hydrogens is 400 g/mol. The van der Waals surface area contributed by atoms with Crippen LogP contribution in [0.5, 0.6) is 0 Å². The highest BCUT2D eigenvalue weighted by atomic mass is 16.3. The van der Waals surface area contributed by atoms with E-state index in [2.05, 4.69) is 56.9 Å². The lowest BCUT2D eigenvalue weighted by atomic mass is 10.0. The van der Waals surface area contributed by atoms with Crippen LogP contribution in [0.1, 0.15) is 52.6 Å². The highest BCUT2D eigenvalue weighted by Crippen LogP contribution is 2.26. The van der Waals surface area contributed by atoms with Crippen LogP contribution in [-0.4, -0.2) is 47.0 Å². The molecular formula is C26H32N4O2. The molecule has 0 radical (unpaired) electrons. The molecule has 0 aliphatic carbocycles. The molecule has 168 valence electrons. The molecule has 3 heterocycles. The zero-order chi connectivity index (χ0) is 22.7. The van der Waals surface area contributed by atoms with Gasteiger partial charge < -0.3 is 14.2 Å². The van der Waals surface area contributed by atoms with Crippen LogP contribution in [0.3, 0.4) is 0 Å². The van der Waals surface area contributed by atoms with Crippen LogP contribution in [0.2, 0.25) is 0 Å². The molecule has 4 rings (SSSR count). The Bertz CT molecular complexity index is 1050. The van der Waals surface area contributed by atoms with Crippen molar-refractivity contribution in [2.45, 2.75) is 40.5 Å². The summed E-state index contributed by atoms with van der Waals surface area (Å²) in [5.74, 6) is 2.76. The van der Waals surface area contributed by atoms with E-state index in [0.29, 0.717) is 24.8 Å². The minimum Gasteiger partial charge on any atom is -0.459 e. The number of piperazine rings is 1. The van der Waals surface area contributed by atoms with Gasteiger partial charge in [0.1, 0.15) is 11.6 Å². The van der Waals surface area contributed by atoms with Crippen molar-refractivity contribution in [3.63, 3.8) is 0 Å². The summed E-state index contributed by atoms with van der Waals surface area (Å²) in [5, 5.41) is 0. The zero-order valence-electron chi connectivity index (χ0n) is 19.5. The molecule has 0 N–H and O–H groups in total. The number of amides is 1. The Balaban J connectivity index is 1.58. The maximum Gasteiger partial charge on any atom is 0.289 e. The molecule has 1 saturated heterocycles. The smallest absolute Gasteiger partial charge is 0.289 e. The van der Waals surface area contributed by atoms with Gasteiger partial charge in [0.05, 0.1) is 6.26 Å². The number of aromatic nitrogens is 2. The maximum absolute atomic E-state index is 12.7. The number of carbonyl (C=O) groups excluding carboxylic acids is 1. The third-order valence-electron chi connectivity index (χ3n) is 5.93. The van der Waals surface area contributed by atoms with Gasteiger partial charge >= 0.3 is 0 Å². The Kier molecular flexibility index (Phi) is 6.58. The summed E-state index contributed by atoms with van der Waals surface area (Å²) in [5.41, 5.74) is 4.73. The van der Waals surface area contributed by atoms with E-state index in [4.69, 9.17) is 14.4 Å². The van der Waals surface area contributed by atoms with Crippen LogP contribution in [0, 0.1) is 19.8 Å². The second-order valence-electron chi connectivity index (χ2n) is 9.04. The molecule has 6 heteroatoms. The van der Waals surface area contributed by atoms with Crippen LogP contribution in [0.4, 0.5) is 5.82 Å². The first-order chi connectivity index (χ1) is 15.4. The molecule has 0 atom stereocenters. The van der Waals surface area contributed by atoms with Gasteiger partial charge in [-0.25, -0.2) is 9.97 Å². The summed E-state index contributed by atoms with van der Waals surface area (Å²) in [7, 11) is 0. The topological polar surface area (TPSA) is 62.5 Å². The molecule has 2 aromatic heterocycles. The van der Waals surface area contributed by atoms with Gasteiger partial charge in [-0.1, -0.05) is 43.7 Å². The maximum atomic E-state index is 12.7. The number of hydrogen-bond donors (Lipinski definition) is 0. The van der Waals surface area contributed by atoms with Crippen molar-refractivity contribution in [3.8, 4) is 0 Å². The number of aryl methyl sites for hydroxylation is 2. The van der Waals surface area contributed by atoms with Gasteiger partial charge in [-0.3, -0.25) is 4.79 Å². The Morgan fingerprint density at radius 3 is 2.38 bits per heavy atom. The molecule has 3 aromatic rings. The van der Waals surface area contributed by atoms with Crippen LogP contribution in [-0.2, 0) is 12.8 Å². The molecule has 0 spiro atoms. The van der Waals surface area contributed by atoms with Gasteiger partial charge in [0.15, 0.2) is 5.76 Å². The summed E-state index contributed by atoms with van der Waals surface area (Å²) in [4.78, 5) is 26.7. The molecule has 1 aromatic carbocycles. The first kappa shape index (κ1) is 22.1. The Hall–Kier alpha value is -3.15. The average molecular weight is 433 g/mol. The van der Waals surface area contributed by atoms with Gasteiger partial charge in [0.2, 0.25) is 0 Å². The molecule has 0 unspecified atom stereocenters. The van der Waals surface area contributed by atoms with E-state index in [1.54, 1.807) is 18.4 Å². The summed E-state index contributed by atoms with van der Waals surface area (Å²) in [6, 6.07) is 12.1. The lowest BCUT2D eigenvalue weighted by molar-refractivity contribution is 0.0714. The Labute approximate surface area is 190 Å². The number of furan rings is 1. The minimum absolute atomic E-state index is 0.0473. The molecule has 6 nitrogen and oxygen atoms in total. The lowest BCUT2D eigenvalue weighted by Gasteiger charge is -2.36. The predicted molar refractivity (Wildman–Crippen MR) is 126 cm³/mol. The molecule has 1 amide bonds. The summed E-state index contributed by atoms with van der Waals surface area (Å²) < 4.78 is 5.30. The predicted octanol–water partition coefficient (Wildman–Crippen LogP) is 4.44. The summed E-state index contributed by atoms with van der Waals surface area (Å²) in [6.45, 7) is 11.4. The minimum atomic E-state index is -0.0473. The fraction of sp³-hybridized carbons (Fsp3) is 0.423. The third-order valence-corrected chi connectivity index (χ3v) is 5.93. The summed E-state index contributed by atoms with van der Waals surface area (Å²) >= 11 is 0. The largest absolute Gasteiger partial charge is 0.459 e. The van der Waals surface area contributed by atoms with Crippen molar-refractivity contribution in [2.24, 2.45) is 5.92 Å². The first-order valence-electron chi connectivity index (χ1n) is 11.4. The van der Waals surface area contributed by atoms with Gasteiger partial charge in [-0.15, -0.1) is 0 Å². The molecule has 32 heavy (non-hydrogen) atoms. The van der Waals surface area contributed by atoms with Crippen LogP contribution < -0.4 is 4.90 Å². The SMILES string of the molecule is Cc1ccc(Cc2c(C)nc(CC(C)C)nc2N2CCN(C(=O)c3ccco3)CC2)cc1. The van der Waals surface area contributed by atoms with Gasteiger partial charge in [0.25, 0.3) is 5.91 Å². The van der Waals surface area contributed by atoms with Crippen molar-refractivity contribution in [1.29, 1.82) is 0 Å². The van der Waals surface area contributed by atoms with Crippen molar-refractivity contribution < 1.29 is 9.21 Å². The lowest BCUT2D eigenvalue weighted by Crippen LogP contribution is -2.49. The van der Waals surface area contributed by atoms with Gasteiger partial charge in [0, 0.05) is 50.3 Å². The number of rotatable bonds is 6.